The number of hydrogen-bond donors (Lipinski definition) is 3. The summed E-state index contributed by atoms with van der Waals surface area (Å²) in [5, 5.41) is 38.5. The molecule has 0 bridgehead atoms. The molecule has 39 heavy (non-hydrogen) atoms. The summed E-state index contributed by atoms with van der Waals surface area (Å²) in [5.41, 5.74) is -3.47. The number of nitriles is 1. The smallest absolute Gasteiger partial charge is 0.408 e. The summed E-state index contributed by atoms with van der Waals surface area (Å²) in [7, 11) is 3.44. The molecule has 3 N–H and O–H groups in total. The number of carbonyl (C=O) groups is 2. The number of esters is 1. The van der Waals surface area contributed by atoms with E-state index in [9.17, 15) is 25.1 Å². The van der Waals surface area contributed by atoms with Crippen molar-refractivity contribution in [2.75, 3.05) is 20.7 Å². The fraction of sp³-hybridized carbons (Fsp3) is 0.600. The van der Waals surface area contributed by atoms with Gasteiger partial charge in [0.1, 0.15) is 54.4 Å². The number of aromatic nitrogens is 3. The van der Waals surface area contributed by atoms with Crippen LogP contribution in [0.3, 0.4) is 0 Å². The maximum atomic E-state index is 13.0. The average Bonchev–Trinajstić information content (AvgIpc) is 3.34. The Balaban J connectivity index is 1.95. The standard InChI is InChI=1S/C25H35N7O7/c1-14(2)18(30-23(36)39-24(3,4)5)22(35)37-10-16-19(33)20(34)25(11-26,38-16)17-9-8-15-21(28-13-31(6)7)27-12-29-32(15)17/h8-9,12-14,16,18-20,33-34H,10H2,1-7H3,(H,30,36)/t16-,18+,19-,20-,25+/m1/s1/i8D,10D2. The van der Waals surface area contributed by atoms with Gasteiger partial charge in [0.05, 0.1) is 16.1 Å². The van der Waals surface area contributed by atoms with Crippen molar-refractivity contribution < 1.29 is 38.1 Å². The first-order chi connectivity index (χ1) is 19.3. The van der Waals surface area contributed by atoms with Gasteiger partial charge in [0.15, 0.2) is 5.82 Å². The SMILES string of the molecule is [2H]c1cc([C@]2(C#N)O[C@H](C([2H])([2H])OC(=O)[C@@H](NC(=O)OC(C)(C)C)C(C)C)[C@@H](O)[C@H]2O)n2ncnc(N=CN(C)C)c12. The van der Waals surface area contributed by atoms with Gasteiger partial charge in [0.2, 0.25) is 5.60 Å². The predicted octanol–water partition coefficient (Wildman–Crippen LogP) is 0.883. The van der Waals surface area contributed by atoms with Crippen LogP contribution < -0.4 is 5.32 Å². The molecule has 1 aliphatic heterocycles. The van der Waals surface area contributed by atoms with E-state index >= 15 is 0 Å². The molecule has 0 aromatic carbocycles. The van der Waals surface area contributed by atoms with Crippen molar-refractivity contribution in [3.63, 3.8) is 0 Å². The Kier molecular flexibility index (Phi) is 7.53. The molecule has 1 fully saturated rings. The Bertz CT molecular complexity index is 1400. The lowest BCUT2D eigenvalue weighted by molar-refractivity contribution is -0.154. The third kappa shape index (κ3) is 6.44. The number of carbonyl (C=O) groups excluding carboxylic acids is 2. The van der Waals surface area contributed by atoms with Crippen LogP contribution in [0.15, 0.2) is 23.4 Å². The summed E-state index contributed by atoms with van der Waals surface area (Å²) < 4.78 is 42.3. The van der Waals surface area contributed by atoms with Crippen LogP contribution in [0.2, 0.25) is 0 Å². The molecular weight excluding hydrogens is 510 g/mol. The second-order valence-corrected chi connectivity index (χ2v) is 10.5. The van der Waals surface area contributed by atoms with Gasteiger partial charge in [-0.15, -0.1) is 0 Å². The lowest BCUT2D eigenvalue weighted by Gasteiger charge is -2.25. The Labute approximate surface area is 230 Å². The largest absolute Gasteiger partial charge is 0.461 e. The minimum Gasteiger partial charge on any atom is -0.461 e. The van der Waals surface area contributed by atoms with Crippen LogP contribution in [-0.4, -0.2) is 98.7 Å². The number of hydrogen-bond acceptors (Lipinski definition) is 11. The van der Waals surface area contributed by atoms with Crippen LogP contribution in [0.1, 0.15) is 44.4 Å². The first-order valence-electron chi connectivity index (χ1n) is 13.6. The van der Waals surface area contributed by atoms with Gasteiger partial charge in [0, 0.05) is 14.1 Å². The minimum atomic E-state index is -3.11. The van der Waals surface area contributed by atoms with Crippen LogP contribution in [0.5, 0.6) is 0 Å². The quantitative estimate of drug-likeness (QED) is 0.242. The van der Waals surface area contributed by atoms with Gasteiger partial charge in [-0.1, -0.05) is 13.8 Å². The van der Waals surface area contributed by atoms with Crippen molar-refractivity contribution in [3.8, 4) is 6.07 Å². The molecule has 1 amide bonds. The second kappa shape index (κ2) is 11.5. The van der Waals surface area contributed by atoms with E-state index in [1.807, 2.05) is 0 Å². The van der Waals surface area contributed by atoms with Gasteiger partial charge in [-0.3, -0.25) is 0 Å². The van der Waals surface area contributed by atoms with Gasteiger partial charge in [-0.2, -0.15) is 10.4 Å². The monoisotopic (exact) mass is 548 g/mol. The summed E-state index contributed by atoms with van der Waals surface area (Å²) >= 11 is 0. The molecule has 2 aromatic heterocycles. The van der Waals surface area contributed by atoms with Crippen molar-refractivity contribution in [2.45, 2.75) is 70.2 Å². The third-order valence-corrected chi connectivity index (χ3v) is 5.53. The minimum absolute atomic E-state index is 0.0522. The van der Waals surface area contributed by atoms with Crippen LogP contribution in [0, 0.1) is 17.2 Å². The van der Waals surface area contributed by atoms with E-state index in [-0.39, 0.29) is 23.1 Å². The molecule has 0 spiro atoms. The van der Waals surface area contributed by atoms with Gasteiger partial charge in [-0.05, 0) is 38.8 Å². The first kappa shape index (κ1) is 25.5. The Hall–Kier alpha value is -3.80. The maximum Gasteiger partial charge on any atom is 0.408 e. The van der Waals surface area contributed by atoms with Gasteiger partial charge < -0.3 is 34.6 Å². The maximum absolute atomic E-state index is 13.0. The highest BCUT2D eigenvalue weighted by atomic mass is 16.6. The third-order valence-electron chi connectivity index (χ3n) is 5.53. The summed E-state index contributed by atoms with van der Waals surface area (Å²) in [6.07, 6.45) is -4.61. The molecule has 0 unspecified atom stereocenters. The van der Waals surface area contributed by atoms with Crippen LogP contribution in [0.25, 0.3) is 5.52 Å². The molecule has 1 saturated heterocycles. The normalized spacial score (nSPS) is 25.6. The van der Waals surface area contributed by atoms with Gasteiger partial charge >= 0.3 is 12.1 Å². The van der Waals surface area contributed by atoms with Gasteiger partial charge in [-0.25, -0.2) is 24.1 Å². The van der Waals surface area contributed by atoms with Crippen LogP contribution >= 0.6 is 0 Å². The van der Waals surface area contributed by atoms with Crippen LogP contribution in [0.4, 0.5) is 10.6 Å². The molecule has 14 heteroatoms. The lowest BCUT2D eigenvalue weighted by atomic mass is 9.92. The Morgan fingerprint density at radius 1 is 1.46 bits per heavy atom. The highest BCUT2D eigenvalue weighted by Crippen LogP contribution is 2.40. The van der Waals surface area contributed by atoms with Crippen molar-refractivity contribution in [1.82, 2.24) is 24.8 Å². The number of aliphatic imine (C=N–C) groups is 1. The van der Waals surface area contributed by atoms with Crippen molar-refractivity contribution >= 4 is 29.7 Å². The summed E-state index contributed by atoms with van der Waals surface area (Å²) in [6, 6.07) is 1.38. The number of aliphatic hydroxyl groups excluding tert-OH is 2. The van der Waals surface area contributed by atoms with Crippen molar-refractivity contribution in [1.29, 1.82) is 5.26 Å². The van der Waals surface area contributed by atoms with Gasteiger partial charge in [0.25, 0.3) is 0 Å². The number of ether oxygens (including phenoxy) is 3. The summed E-state index contributed by atoms with van der Waals surface area (Å²) in [6.45, 7) is 4.94. The lowest BCUT2D eigenvalue weighted by Crippen LogP contribution is -2.48. The zero-order chi connectivity index (χ0) is 31.8. The van der Waals surface area contributed by atoms with E-state index in [1.165, 1.54) is 6.34 Å². The molecule has 212 valence electrons. The zero-order valence-electron chi connectivity index (χ0n) is 25.7. The number of nitrogens with zero attached hydrogens (tertiary/aromatic N) is 6. The zero-order valence-corrected chi connectivity index (χ0v) is 22.7. The fourth-order valence-electron chi connectivity index (χ4n) is 3.69. The van der Waals surface area contributed by atoms with E-state index in [4.69, 9.17) is 18.3 Å². The molecule has 0 saturated carbocycles. The van der Waals surface area contributed by atoms with Crippen molar-refractivity contribution in [3.05, 3.63) is 24.1 Å². The molecule has 3 rings (SSSR count). The summed E-state index contributed by atoms with van der Waals surface area (Å²) in [5.74, 6) is -1.71. The molecule has 2 aromatic rings. The number of aliphatic hydroxyl groups is 2. The summed E-state index contributed by atoms with van der Waals surface area (Å²) in [4.78, 5) is 35.2. The highest BCUT2D eigenvalue weighted by molar-refractivity contribution is 5.81. The second-order valence-electron chi connectivity index (χ2n) is 10.5. The molecule has 3 heterocycles. The Morgan fingerprint density at radius 2 is 2.15 bits per heavy atom. The van der Waals surface area contributed by atoms with E-state index in [0.717, 1.165) is 16.9 Å². The number of rotatable bonds is 8. The molecule has 0 aliphatic carbocycles. The molecule has 14 nitrogen and oxygen atoms in total. The first-order valence-corrected chi connectivity index (χ1v) is 12.1. The molecule has 0 radical (unpaired) electrons. The molecular formula is C25H35N7O7. The van der Waals surface area contributed by atoms with E-state index < -0.39 is 60.1 Å². The number of amides is 1. The van der Waals surface area contributed by atoms with E-state index in [0.29, 0.717) is 0 Å². The number of nitrogens with one attached hydrogen (secondary N) is 1. The average molecular weight is 549 g/mol. The molecule has 1 aliphatic rings. The topological polar surface area (TPSA) is 184 Å². The van der Waals surface area contributed by atoms with E-state index in [1.54, 1.807) is 59.7 Å². The highest BCUT2D eigenvalue weighted by Gasteiger charge is 2.58. The van der Waals surface area contributed by atoms with Crippen molar-refractivity contribution in [2.24, 2.45) is 10.9 Å². The predicted molar refractivity (Wildman–Crippen MR) is 138 cm³/mol. The van der Waals surface area contributed by atoms with E-state index in [2.05, 4.69) is 20.4 Å². The Morgan fingerprint density at radius 3 is 2.74 bits per heavy atom. The number of fused-ring (bicyclic) bond motifs is 1. The fourth-order valence-corrected chi connectivity index (χ4v) is 3.69. The van der Waals surface area contributed by atoms with Crippen LogP contribution in [-0.2, 0) is 24.6 Å². The number of alkyl carbamates (subject to hydrolysis) is 1. The molecule has 5 atom stereocenters.